The monoisotopic (exact) mass is 682 g/mol. The SMILES string of the molecule is Cn1ccc(-c2[c-]c(-c3ccn(C)n3)c(F)cc2F)n1.Fc1c[c-]c(-c2ccccn2)c(F)c1.[C-]#N.[Ir+3]. The van der Waals surface area contributed by atoms with Gasteiger partial charge in [-0.15, -0.1) is 18.2 Å². The maximum Gasteiger partial charge on any atom is 3.00 e. The summed E-state index contributed by atoms with van der Waals surface area (Å²) < 4.78 is 56.7. The second-order valence-electron chi connectivity index (χ2n) is 7.22. The normalized spacial score (nSPS) is 9.84. The molecule has 0 radical (unpaired) electrons. The fraction of sp³-hybridized carbons (Fsp3) is 0.0769. The van der Waals surface area contributed by atoms with Crippen molar-refractivity contribution >= 4 is 0 Å². The summed E-state index contributed by atoms with van der Waals surface area (Å²) in [6, 6.07) is 16.4. The molecule has 0 saturated carbocycles. The van der Waals surface area contributed by atoms with Crippen molar-refractivity contribution in [1.82, 2.24) is 24.5 Å². The standard InChI is InChI=1S/C14H11F2N4.C11H6F2N.CN.Ir/c1-19-5-3-13(17-19)9-7-10(12(16)8-11(9)15)14-4-6-20(2)18-14;12-8-4-5-9(10(13)7-8)11-3-1-2-6-14-11;1-2;/h3-6,8H,1-2H3;1-4,6-7H;;/q3*-1;+3. The Morgan fingerprint density at radius 2 is 1.30 bits per heavy atom. The minimum Gasteiger partial charge on any atom is -0.512 e. The van der Waals surface area contributed by atoms with Crippen molar-refractivity contribution in [1.29, 1.82) is 5.26 Å². The Kier molecular flexibility index (Phi) is 10.4. The maximum atomic E-state index is 13.9. The molecule has 0 bridgehead atoms. The summed E-state index contributed by atoms with van der Waals surface area (Å²) in [5, 5.41) is 14.5. The summed E-state index contributed by atoms with van der Waals surface area (Å²) in [4.78, 5) is 3.95. The second kappa shape index (κ2) is 13.3. The zero-order valence-corrected chi connectivity index (χ0v) is 21.8. The van der Waals surface area contributed by atoms with Crippen LogP contribution in [0, 0.1) is 47.2 Å². The molecule has 0 N–H and O–H groups in total. The van der Waals surface area contributed by atoms with E-state index in [0.29, 0.717) is 17.1 Å². The van der Waals surface area contributed by atoms with E-state index in [-0.39, 0.29) is 36.8 Å². The summed E-state index contributed by atoms with van der Waals surface area (Å²) >= 11 is 0. The Morgan fingerprint density at radius 1 is 0.757 bits per heavy atom. The van der Waals surface area contributed by atoms with Gasteiger partial charge in [0.05, 0.1) is 11.6 Å². The van der Waals surface area contributed by atoms with Gasteiger partial charge in [-0.1, -0.05) is 53.1 Å². The molecular weight excluding hydrogens is 665 g/mol. The number of rotatable bonds is 3. The van der Waals surface area contributed by atoms with Gasteiger partial charge in [-0.2, -0.15) is 0 Å². The van der Waals surface area contributed by atoms with Gasteiger partial charge in [0.1, 0.15) is 0 Å². The Balaban J connectivity index is 0.000000250. The van der Waals surface area contributed by atoms with Crippen LogP contribution in [0.1, 0.15) is 0 Å². The minimum absolute atomic E-state index is 0. The minimum atomic E-state index is -0.694. The van der Waals surface area contributed by atoms with Crippen LogP contribution in [0.2, 0.25) is 0 Å². The Labute approximate surface area is 224 Å². The molecule has 3 heterocycles. The third-order valence-electron chi connectivity index (χ3n) is 4.70. The molecule has 6 nitrogen and oxygen atoms in total. The number of hydrogen-bond donors (Lipinski definition) is 0. The van der Waals surface area contributed by atoms with E-state index in [1.807, 2.05) is 0 Å². The summed E-state index contributed by atoms with van der Waals surface area (Å²) in [5.41, 5.74) is 1.71. The molecule has 11 heteroatoms. The zero-order valence-electron chi connectivity index (χ0n) is 19.4. The number of benzene rings is 2. The third kappa shape index (κ3) is 7.19. The van der Waals surface area contributed by atoms with Crippen molar-refractivity contribution in [3.8, 4) is 33.8 Å². The Bertz CT molecular complexity index is 1420. The Hall–Kier alpha value is -4.13. The van der Waals surface area contributed by atoms with E-state index in [1.165, 1.54) is 0 Å². The van der Waals surface area contributed by atoms with Gasteiger partial charge >= 0.3 is 20.1 Å². The molecule has 3 aromatic heterocycles. The molecule has 0 saturated heterocycles. The summed E-state index contributed by atoms with van der Waals surface area (Å²) in [5.74, 6) is -2.67. The predicted octanol–water partition coefficient (Wildman–Crippen LogP) is 5.49. The first-order valence-electron chi connectivity index (χ1n) is 10.2. The predicted molar refractivity (Wildman–Crippen MR) is 123 cm³/mol. The van der Waals surface area contributed by atoms with E-state index in [9.17, 15) is 17.6 Å². The molecule has 0 unspecified atom stereocenters. The van der Waals surface area contributed by atoms with Crippen molar-refractivity contribution in [2.24, 2.45) is 14.1 Å². The van der Waals surface area contributed by atoms with Crippen molar-refractivity contribution in [2.75, 3.05) is 0 Å². The van der Waals surface area contributed by atoms with Crippen molar-refractivity contribution in [3.63, 3.8) is 0 Å². The Morgan fingerprint density at radius 3 is 1.73 bits per heavy atom. The van der Waals surface area contributed by atoms with Gasteiger partial charge in [0.15, 0.2) is 0 Å². The molecule has 0 atom stereocenters. The van der Waals surface area contributed by atoms with Gasteiger partial charge in [-0.05, 0) is 11.8 Å². The fourth-order valence-electron chi connectivity index (χ4n) is 3.12. The molecule has 0 spiro atoms. The van der Waals surface area contributed by atoms with Gasteiger partial charge < -0.3 is 16.8 Å². The van der Waals surface area contributed by atoms with Gasteiger partial charge in [0.2, 0.25) is 0 Å². The van der Waals surface area contributed by atoms with Gasteiger partial charge in [-0.25, -0.2) is 10.2 Å². The maximum absolute atomic E-state index is 13.9. The molecule has 0 aliphatic carbocycles. The van der Waals surface area contributed by atoms with Crippen LogP contribution in [0.25, 0.3) is 33.8 Å². The molecule has 0 aliphatic heterocycles. The van der Waals surface area contributed by atoms with Gasteiger partial charge in [-0.3, -0.25) is 26.9 Å². The molecule has 0 amide bonds. The topological polar surface area (TPSA) is 72.3 Å². The molecule has 5 aromatic rings. The molecule has 37 heavy (non-hydrogen) atoms. The number of nitrogens with zero attached hydrogens (tertiary/aromatic N) is 6. The van der Waals surface area contributed by atoms with E-state index in [1.54, 1.807) is 72.4 Å². The van der Waals surface area contributed by atoms with Gasteiger partial charge in [0, 0.05) is 55.7 Å². The van der Waals surface area contributed by atoms with Crippen LogP contribution in [0.15, 0.2) is 67.1 Å². The van der Waals surface area contributed by atoms with E-state index in [0.717, 1.165) is 18.2 Å². The largest absolute Gasteiger partial charge is 3.00 e. The number of hydrogen-bond acceptors (Lipinski definition) is 4. The van der Waals surface area contributed by atoms with Crippen LogP contribution >= 0.6 is 0 Å². The molecule has 188 valence electrons. The first-order valence-corrected chi connectivity index (χ1v) is 10.2. The summed E-state index contributed by atoms with van der Waals surface area (Å²) in [6.07, 6.45) is 4.92. The number of halogens is 4. The summed E-state index contributed by atoms with van der Waals surface area (Å²) in [6.45, 7) is 4.75. The smallest absolute Gasteiger partial charge is 0.512 e. The van der Waals surface area contributed by atoms with E-state index in [2.05, 4.69) is 27.3 Å². The number of aromatic nitrogens is 5. The molecular formula is C26H17F4IrN6. The van der Waals surface area contributed by atoms with Crippen LogP contribution < -0.4 is 0 Å². The van der Waals surface area contributed by atoms with E-state index < -0.39 is 23.3 Å². The fourth-order valence-corrected chi connectivity index (χ4v) is 3.12. The van der Waals surface area contributed by atoms with Crippen molar-refractivity contribution < 1.29 is 37.7 Å². The first-order chi connectivity index (χ1) is 17.3. The van der Waals surface area contributed by atoms with Crippen LogP contribution in [0.5, 0.6) is 0 Å². The third-order valence-corrected chi connectivity index (χ3v) is 4.70. The van der Waals surface area contributed by atoms with Crippen molar-refractivity contribution in [3.05, 3.63) is 109 Å². The molecule has 2 aromatic carbocycles. The average molecular weight is 682 g/mol. The van der Waals surface area contributed by atoms with Gasteiger partial charge in [0.25, 0.3) is 0 Å². The number of aryl methyl sites for hydroxylation is 2. The first kappa shape index (κ1) is 29.1. The number of pyridine rings is 1. The second-order valence-corrected chi connectivity index (χ2v) is 7.22. The van der Waals surface area contributed by atoms with Crippen LogP contribution in [0.3, 0.4) is 0 Å². The molecule has 0 aliphatic rings. The summed E-state index contributed by atoms with van der Waals surface area (Å²) in [7, 11) is 3.45. The zero-order chi connectivity index (χ0) is 26.2. The van der Waals surface area contributed by atoms with Crippen molar-refractivity contribution in [2.45, 2.75) is 0 Å². The molecule has 5 rings (SSSR count). The van der Waals surface area contributed by atoms with Crippen LogP contribution in [0.4, 0.5) is 17.6 Å². The van der Waals surface area contributed by atoms with E-state index in [4.69, 9.17) is 11.8 Å². The average Bonchev–Trinajstić information content (AvgIpc) is 3.49. The molecule has 0 fully saturated rings. The van der Waals surface area contributed by atoms with E-state index >= 15 is 0 Å². The quantitative estimate of drug-likeness (QED) is 0.187. The van der Waals surface area contributed by atoms with Crippen LogP contribution in [-0.2, 0) is 34.2 Å². The van der Waals surface area contributed by atoms with Crippen LogP contribution in [-0.4, -0.2) is 24.5 Å².